The average Bonchev–Trinajstić information content (AvgIpc) is 2.06. The zero-order chi connectivity index (χ0) is 8.97. The van der Waals surface area contributed by atoms with Gasteiger partial charge < -0.3 is 11.1 Å². The summed E-state index contributed by atoms with van der Waals surface area (Å²) < 4.78 is 0. The Morgan fingerprint density at radius 3 is 2.50 bits per heavy atom. The van der Waals surface area contributed by atoms with Crippen molar-refractivity contribution < 1.29 is 0 Å². The average molecular weight is 166 g/mol. The van der Waals surface area contributed by atoms with Gasteiger partial charge in [-0.3, -0.25) is 0 Å². The molecule has 0 amide bonds. The maximum Gasteiger partial charge on any atom is 0.144 e. The highest BCUT2D eigenvalue weighted by molar-refractivity contribution is 5.05. The monoisotopic (exact) mass is 166 g/mol. The highest BCUT2D eigenvalue weighted by atomic mass is 14.9. The highest BCUT2D eigenvalue weighted by Gasteiger charge is 2.01. The number of hydrogen-bond acceptors (Lipinski definition) is 4. The topological polar surface area (TPSA) is 63.8 Å². The predicted octanol–water partition coefficient (Wildman–Crippen LogP) is 0.216. The third-order valence-electron chi connectivity index (χ3n) is 1.51. The molecule has 0 spiro atoms. The molecule has 66 valence electrons. The molecule has 4 heteroatoms. The molecule has 0 saturated heterocycles. The summed E-state index contributed by atoms with van der Waals surface area (Å²) in [4.78, 5) is 8.24. The second kappa shape index (κ2) is 4.13. The van der Waals surface area contributed by atoms with Crippen LogP contribution in [0.15, 0.2) is 12.4 Å². The lowest BCUT2D eigenvalue weighted by Crippen LogP contribution is -2.11. The first-order valence-corrected chi connectivity index (χ1v) is 3.95. The number of nitrogens with one attached hydrogen (secondary N) is 1. The van der Waals surface area contributed by atoms with Crippen molar-refractivity contribution in [1.29, 1.82) is 0 Å². The number of aromatic nitrogens is 2. The fourth-order valence-electron chi connectivity index (χ4n) is 0.895. The van der Waals surface area contributed by atoms with Crippen LogP contribution in [0, 0.1) is 0 Å². The largest absolute Gasteiger partial charge is 0.322 e. The number of nitrogens with two attached hydrogens (primary N) is 1. The molecule has 0 fully saturated rings. The Morgan fingerprint density at radius 1 is 1.50 bits per heavy atom. The Kier molecular flexibility index (Phi) is 3.13. The molecule has 1 atom stereocenters. The Hall–Kier alpha value is -1.00. The number of hydrogen-bond donors (Lipinski definition) is 2. The maximum absolute atomic E-state index is 5.60. The summed E-state index contributed by atoms with van der Waals surface area (Å²) in [6.07, 6.45) is 3.59. The van der Waals surface area contributed by atoms with E-state index in [1.807, 2.05) is 14.0 Å². The van der Waals surface area contributed by atoms with Gasteiger partial charge in [0, 0.05) is 24.5 Å². The van der Waals surface area contributed by atoms with E-state index in [1.54, 1.807) is 12.4 Å². The third-order valence-corrected chi connectivity index (χ3v) is 1.51. The van der Waals surface area contributed by atoms with E-state index in [-0.39, 0.29) is 6.04 Å². The molecule has 0 radical (unpaired) electrons. The summed E-state index contributed by atoms with van der Waals surface area (Å²) in [6, 6.07) is -0.0892. The standard InChI is InChI=1S/C8H14N4/c1-6(9)8-11-4-7(3-10-2)5-12-8/h4-6,10H,3,9H2,1-2H3. The molecular weight excluding hydrogens is 152 g/mol. The summed E-state index contributed by atoms with van der Waals surface area (Å²) >= 11 is 0. The Balaban J connectivity index is 2.71. The molecule has 1 aromatic heterocycles. The molecule has 1 rings (SSSR count). The Labute approximate surface area is 72.2 Å². The molecule has 0 aliphatic heterocycles. The van der Waals surface area contributed by atoms with Crippen LogP contribution < -0.4 is 11.1 Å². The lowest BCUT2D eigenvalue weighted by Gasteiger charge is -2.03. The third kappa shape index (κ3) is 2.25. The van der Waals surface area contributed by atoms with Crippen LogP contribution in [0.1, 0.15) is 24.4 Å². The van der Waals surface area contributed by atoms with Crippen LogP contribution in [0.5, 0.6) is 0 Å². The van der Waals surface area contributed by atoms with Crippen molar-refractivity contribution in [3.05, 3.63) is 23.8 Å². The van der Waals surface area contributed by atoms with Gasteiger partial charge in [0.1, 0.15) is 5.82 Å². The van der Waals surface area contributed by atoms with Crippen LogP contribution in [0.2, 0.25) is 0 Å². The molecule has 1 unspecified atom stereocenters. The first kappa shape index (κ1) is 9.09. The van der Waals surface area contributed by atoms with E-state index in [9.17, 15) is 0 Å². The van der Waals surface area contributed by atoms with Gasteiger partial charge >= 0.3 is 0 Å². The molecule has 0 bridgehead atoms. The van der Waals surface area contributed by atoms with E-state index in [0.29, 0.717) is 5.82 Å². The van der Waals surface area contributed by atoms with Gasteiger partial charge in [0.15, 0.2) is 0 Å². The van der Waals surface area contributed by atoms with Gasteiger partial charge in [-0.1, -0.05) is 0 Å². The molecule has 1 heterocycles. The van der Waals surface area contributed by atoms with Crippen molar-refractivity contribution in [3.63, 3.8) is 0 Å². The first-order valence-electron chi connectivity index (χ1n) is 3.95. The second-order valence-corrected chi connectivity index (χ2v) is 2.77. The minimum atomic E-state index is -0.0892. The van der Waals surface area contributed by atoms with Gasteiger partial charge in [0.05, 0.1) is 6.04 Å². The van der Waals surface area contributed by atoms with Gasteiger partial charge in [-0.2, -0.15) is 0 Å². The van der Waals surface area contributed by atoms with Crippen LogP contribution in [-0.4, -0.2) is 17.0 Å². The first-order chi connectivity index (χ1) is 5.74. The summed E-state index contributed by atoms with van der Waals surface area (Å²) in [5, 5.41) is 3.02. The fraction of sp³-hybridized carbons (Fsp3) is 0.500. The zero-order valence-corrected chi connectivity index (χ0v) is 7.41. The van der Waals surface area contributed by atoms with Crippen LogP contribution in [-0.2, 0) is 6.54 Å². The Bertz CT molecular complexity index is 229. The van der Waals surface area contributed by atoms with Crippen molar-refractivity contribution in [3.8, 4) is 0 Å². The smallest absolute Gasteiger partial charge is 0.144 e. The normalized spacial score (nSPS) is 12.9. The lowest BCUT2D eigenvalue weighted by molar-refractivity contribution is 0.725. The summed E-state index contributed by atoms with van der Waals surface area (Å²) in [5.41, 5.74) is 6.67. The van der Waals surface area contributed by atoms with E-state index < -0.39 is 0 Å². The van der Waals surface area contributed by atoms with Crippen LogP contribution in [0.4, 0.5) is 0 Å². The van der Waals surface area contributed by atoms with Crippen molar-refractivity contribution >= 4 is 0 Å². The van der Waals surface area contributed by atoms with Crippen molar-refractivity contribution in [1.82, 2.24) is 15.3 Å². The molecule has 4 nitrogen and oxygen atoms in total. The van der Waals surface area contributed by atoms with Gasteiger partial charge in [0.25, 0.3) is 0 Å². The van der Waals surface area contributed by atoms with Crippen LogP contribution in [0.25, 0.3) is 0 Å². The lowest BCUT2D eigenvalue weighted by atomic mass is 10.3. The molecule has 12 heavy (non-hydrogen) atoms. The van der Waals surface area contributed by atoms with Gasteiger partial charge in [-0.05, 0) is 14.0 Å². The molecular formula is C8H14N4. The summed E-state index contributed by atoms with van der Waals surface area (Å²) in [6.45, 7) is 2.66. The van der Waals surface area contributed by atoms with Gasteiger partial charge in [0.2, 0.25) is 0 Å². The molecule has 0 saturated carbocycles. The van der Waals surface area contributed by atoms with Crippen molar-refractivity contribution in [2.24, 2.45) is 5.73 Å². The van der Waals surface area contributed by atoms with Gasteiger partial charge in [-0.25, -0.2) is 9.97 Å². The zero-order valence-electron chi connectivity index (χ0n) is 7.41. The minimum Gasteiger partial charge on any atom is -0.322 e. The quantitative estimate of drug-likeness (QED) is 0.674. The molecule has 0 aromatic carbocycles. The fourth-order valence-corrected chi connectivity index (χ4v) is 0.895. The second-order valence-electron chi connectivity index (χ2n) is 2.77. The summed E-state index contributed by atoms with van der Waals surface area (Å²) in [7, 11) is 1.89. The van der Waals surface area contributed by atoms with E-state index in [4.69, 9.17) is 5.73 Å². The maximum atomic E-state index is 5.60. The number of nitrogens with zero attached hydrogens (tertiary/aromatic N) is 2. The van der Waals surface area contributed by atoms with Crippen LogP contribution >= 0.6 is 0 Å². The van der Waals surface area contributed by atoms with E-state index in [1.165, 1.54) is 0 Å². The number of rotatable bonds is 3. The SMILES string of the molecule is CNCc1cnc(C(C)N)nc1. The Morgan fingerprint density at radius 2 is 2.08 bits per heavy atom. The van der Waals surface area contributed by atoms with E-state index >= 15 is 0 Å². The van der Waals surface area contributed by atoms with E-state index in [2.05, 4.69) is 15.3 Å². The van der Waals surface area contributed by atoms with Crippen molar-refractivity contribution in [2.45, 2.75) is 19.5 Å². The molecule has 0 aliphatic carbocycles. The van der Waals surface area contributed by atoms with Gasteiger partial charge in [-0.15, -0.1) is 0 Å². The molecule has 0 aliphatic rings. The predicted molar refractivity (Wildman–Crippen MR) is 47.4 cm³/mol. The minimum absolute atomic E-state index is 0.0892. The molecule has 3 N–H and O–H groups in total. The van der Waals surface area contributed by atoms with Crippen LogP contribution in [0.3, 0.4) is 0 Å². The van der Waals surface area contributed by atoms with E-state index in [0.717, 1.165) is 12.1 Å². The van der Waals surface area contributed by atoms with Crippen molar-refractivity contribution in [2.75, 3.05) is 7.05 Å². The molecule has 1 aromatic rings. The summed E-state index contributed by atoms with van der Waals surface area (Å²) in [5.74, 6) is 0.690. The highest BCUT2D eigenvalue weighted by Crippen LogP contribution is 2.02.